The van der Waals surface area contributed by atoms with Crippen molar-refractivity contribution < 1.29 is 14.8 Å². The number of aryl methyl sites for hydroxylation is 1. The fourth-order valence-electron chi connectivity index (χ4n) is 2.32. The van der Waals surface area contributed by atoms with Crippen LogP contribution < -0.4 is 4.90 Å². The van der Waals surface area contributed by atoms with Crippen molar-refractivity contribution in [3.63, 3.8) is 0 Å². The molecule has 1 saturated heterocycles. The van der Waals surface area contributed by atoms with E-state index in [1.54, 1.807) is 30.0 Å². The van der Waals surface area contributed by atoms with Crippen LogP contribution in [0.3, 0.4) is 0 Å². The first-order valence-electron chi connectivity index (χ1n) is 5.72. The summed E-state index contributed by atoms with van der Waals surface area (Å²) in [5, 5.41) is 20.0. The van der Waals surface area contributed by atoms with E-state index in [0.29, 0.717) is 30.8 Å². The van der Waals surface area contributed by atoms with E-state index >= 15 is 0 Å². The zero-order valence-electron chi connectivity index (χ0n) is 10.00. The third-order valence-corrected chi connectivity index (χ3v) is 3.28. The van der Waals surface area contributed by atoms with E-state index < -0.39 is 16.8 Å². The molecule has 0 amide bonds. The minimum atomic E-state index is -0.840. The van der Waals surface area contributed by atoms with E-state index in [4.69, 9.17) is 5.11 Å². The van der Waals surface area contributed by atoms with Crippen LogP contribution in [0.15, 0.2) is 18.2 Å². The van der Waals surface area contributed by atoms with Gasteiger partial charge in [0.1, 0.15) is 5.69 Å². The first kappa shape index (κ1) is 12.3. The Labute approximate surface area is 104 Å². The van der Waals surface area contributed by atoms with E-state index in [9.17, 15) is 14.9 Å². The number of hydrogen-bond donors (Lipinski definition) is 1. The largest absolute Gasteiger partial charge is 0.481 e. The molecule has 1 unspecified atom stereocenters. The molecule has 0 aromatic heterocycles. The molecule has 1 N–H and O–H groups in total. The van der Waals surface area contributed by atoms with E-state index in [-0.39, 0.29) is 5.69 Å². The van der Waals surface area contributed by atoms with E-state index in [0.717, 1.165) is 0 Å². The highest BCUT2D eigenvalue weighted by atomic mass is 16.6. The summed E-state index contributed by atoms with van der Waals surface area (Å²) in [5.74, 6) is -1.28. The van der Waals surface area contributed by atoms with Gasteiger partial charge in [-0.25, -0.2) is 0 Å². The van der Waals surface area contributed by atoms with Crippen molar-refractivity contribution in [2.75, 3.05) is 18.0 Å². The standard InChI is InChI=1S/C12H14N2O4/c1-8-3-2-4-10(11(8)14(17)18)13-6-5-9(7-13)12(15)16/h2-4,9H,5-7H2,1H3,(H,15,16). The monoisotopic (exact) mass is 250 g/mol. The van der Waals surface area contributed by atoms with Crippen LogP contribution in [0.4, 0.5) is 11.4 Å². The molecule has 0 aliphatic carbocycles. The molecule has 0 spiro atoms. The van der Waals surface area contributed by atoms with Crippen LogP contribution >= 0.6 is 0 Å². The van der Waals surface area contributed by atoms with Crippen LogP contribution in [0.5, 0.6) is 0 Å². The van der Waals surface area contributed by atoms with Gasteiger partial charge in [-0.05, 0) is 19.4 Å². The van der Waals surface area contributed by atoms with Crippen molar-refractivity contribution in [2.45, 2.75) is 13.3 Å². The van der Waals surface area contributed by atoms with Gasteiger partial charge in [-0.3, -0.25) is 14.9 Å². The molecule has 96 valence electrons. The van der Waals surface area contributed by atoms with E-state index in [2.05, 4.69) is 0 Å². The third-order valence-electron chi connectivity index (χ3n) is 3.28. The number of nitro groups is 1. The Balaban J connectivity index is 2.32. The number of carboxylic acids is 1. The quantitative estimate of drug-likeness (QED) is 0.653. The van der Waals surface area contributed by atoms with Gasteiger partial charge in [0.2, 0.25) is 0 Å². The highest BCUT2D eigenvalue weighted by Gasteiger charge is 2.31. The van der Waals surface area contributed by atoms with Crippen LogP contribution in [0, 0.1) is 23.0 Å². The van der Waals surface area contributed by atoms with Crippen LogP contribution in [0.2, 0.25) is 0 Å². The summed E-state index contributed by atoms with van der Waals surface area (Å²) < 4.78 is 0. The highest BCUT2D eigenvalue weighted by Crippen LogP contribution is 2.34. The van der Waals surface area contributed by atoms with Gasteiger partial charge in [-0.2, -0.15) is 0 Å². The van der Waals surface area contributed by atoms with Crippen molar-refractivity contribution in [3.05, 3.63) is 33.9 Å². The molecule has 1 atom stereocenters. The van der Waals surface area contributed by atoms with Gasteiger partial charge < -0.3 is 10.0 Å². The van der Waals surface area contributed by atoms with Crippen molar-refractivity contribution in [3.8, 4) is 0 Å². The second kappa shape index (κ2) is 4.64. The molecule has 18 heavy (non-hydrogen) atoms. The predicted octanol–water partition coefficient (Wildman–Crippen LogP) is 1.81. The zero-order chi connectivity index (χ0) is 13.3. The Bertz CT molecular complexity index is 501. The molecule has 2 rings (SSSR count). The second-order valence-corrected chi connectivity index (χ2v) is 4.47. The summed E-state index contributed by atoms with van der Waals surface area (Å²) >= 11 is 0. The number of hydrogen-bond acceptors (Lipinski definition) is 4. The SMILES string of the molecule is Cc1cccc(N2CCC(C(=O)O)C2)c1[N+](=O)[O-]. The van der Waals surface area contributed by atoms with Crippen LogP contribution in [-0.2, 0) is 4.79 Å². The third kappa shape index (κ3) is 2.13. The van der Waals surface area contributed by atoms with Gasteiger partial charge in [-0.1, -0.05) is 12.1 Å². The molecule has 0 saturated carbocycles. The predicted molar refractivity (Wildman–Crippen MR) is 65.8 cm³/mol. The topological polar surface area (TPSA) is 83.7 Å². The first-order valence-corrected chi connectivity index (χ1v) is 5.72. The highest BCUT2D eigenvalue weighted by molar-refractivity contribution is 5.74. The maximum atomic E-state index is 11.1. The van der Waals surface area contributed by atoms with Gasteiger partial charge in [0.15, 0.2) is 0 Å². The molecule has 0 radical (unpaired) electrons. The first-order chi connectivity index (χ1) is 8.50. The van der Waals surface area contributed by atoms with E-state index in [1.165, 1.54) is 0 Å². The van der Waals surface area contributed by atoms with Crippen LogP contribution in [-0.4, -0.2) is 29.1 Å². The van der Waals surface area contributed by atoms with Gasteiger partial charge in [0, 0.05) is 18.7 Å². The lowest BCUT2D eigenvalue weighted by Gasteiger charge is -2.18. The Hall–Kier alpha value is -2.11. The summed E-state index contributed by atoms with van der Waals surface area (Å²) in [5.41, 5.74) is 1.18. The number of carbonyl (C=O) groups is 1. The summed E-state index contributed by atoms with van der Waals surface area (Å²) in [7, 11) is 0. The molecule has 1 aliphatic rings. The summed E-state index contributed by atoms with van der Waals surface area (Å²) in [4.78, 5) is 23.4. The van der Waals surface area contributed by atoms with Gasteiger partial charge in [0.05, 0.1) is 10.8 Å². The average Bonchev–Trinajstić information content (AvgIpc) is 2.77. The maximum Gasteiger partial charge on any atom is 0.308 e. The summed E-state index contributed by atoms with van der Waals surface area (Å²) in [6.07, 6.45) is 0.528. The average molecular weight is 250 g/mol. The normalized spacial score (nSPS) is 18.9. The molecule has 0 bridgehead atoms. The molecular weight excluding hydrogens is 236 g/mol. The molecule has 1 aliphatic heterocycles. The Kier molecular flexibility index (Phi) is 3.18. The number of benzene rings is 1. The fraction of sp³-hybridized carbons (Fsp3) is 0.417. The fourth-order valence-corrected chi connectivity index (χ4v) is 2.32. The van der Waals surface area contributed by atoms with Crippen LogP contribution in [0.25, 0.3) is 0 Å². The lowest BCUT2D eigenvalue weighted by molar-refractivity contribution is -0.384. The number of nitrogens with zero attached hydrogens (tertiary/aromatic N) is 2. The van der Waals surface area contributed by atoms with E-state index in [1.807, 2.05) is 0 Å². The minimum Gasteiger partial charge on any atom is -0.481 e. The Morgan fingerprint density at radius 3 is 2.83 bits per heavy atom. The van der Waals surface area contributed by atoms with Crippen molar-refractivity contribution in [1.29, 1.82) is 0 Å². The number of aliphatic carboxylic acids is 1. The molecule has 6 nitrogen and oxygen atoms in total. The molecular formula is C12H14N2O4. The number of nitro benzene ring substituents is 1. The second-order valence-electron chi connectivity index (χ2n) is 4.47. The molecule has 1 heterocycles. The lowest BCUT2D eigenvalue weighted by atomic mass is 10.1. The Morgan fingerprint density at radius 1 is 1.56 bits per heavy atom. The number of anilines is 1. The van der Waals surface area contributed by atoms with Crippen LogP contribution in [0.1, 0.15) is 12.0 Å². The molecule has 1 aromatic rings. The van der Waals surface area contributed by atoms with Crippen molar-refractivity contribution in [2.24, 2.45) is 5.92 Å². The smallest absolute Gasteiger partial charge is 0.308 e. The maximum absolute atomic E-state index is 11.1. The van der Waals surface area contributed by atoms with Crippen molar-refractivity contribution in [1.82, 2.24) is 0 Å². The molecule has 1 fully saturated rings. The molecule has 1 aromatic carbocycles. The van der Waals surface area contributed by atoms with Gasteiger partial charge >= 0.3 is 5.97 Å². The Morgan fingerprint density at radius 2 is 2.28 bits per heavy atom. The number of para-hydroxylation sites is 1. The summed E-state index contributed by atoms with van der Waals surface area (Å²) in [6, 6.07) is 5.12. The number of rotatable bonds is 3. The van der Waals surface area contributed by atoms with Gasteiger partial charge in [-0.15, -0.1) is 0 Å². The number of carboxylic acid groups (broad SMARTS) is 1. The zero-order valence-corrected chi connectivity index (χ0v) is 10.00. The summed E-state index contributed by atoms with van der Waals surface area (Å²) in [6.45, 7) is 2.56. The van der Waals surface area contributed by atoms with Gasteiger partial charge in [0.25, 0.3) is 5.69 Å². The lowest BCUT2D eigenvalue weighted by Crippen LogP contribution is -2.23. The molecule has 6 heteroatoms. The van der Waals surface area contributed by atoms with Crippen molar-refractivity contribution >= 4 is 17.3 Å². The minimum absolute atomic E-state index is 0.0727.